The predicted octanol–water partition coefficient (Wildman–Crippen LogP) is 9.71. The molecule has 0 aromatic rings. The summed E-state index contributed by atoms with van der Waals surface area (Å²) in [5, 5.41) is 0. The van der Waals surface area contributed by atoms with Gasteiger partial charge in [0.05, 0.1) is 0 Å². The van der Waals surface area contributed by atoms with E-state index in [1.54, 1.807) is 0 Å². The van der Waals surface area contributed by atoms with Crippen LogP contribution in [0.4, 0.5) is 0 Å². The fourth-order valence-electron chi connectivity index (χ4n) is 3.98. The van der Waals surface area contributed by atoms with Gasteiger partial charge in [-0.2, -0.15) is 0 Å². The van der Waals surface area contributed by atoms with Crippen LogP contribution in [-0.2, 0) is 0 Å². The summed E-state index contributed by atoms with van der Waals surface area (Å²) in [5.74, 6) is 1.93. The second kappa shape index (κ2) is 20.3. The van der Waals surface area contributed by atoms with E-state index in [9.17, 15) is 0 Å². The second-order valence-electron chi connectivity index (χ2n) is 8.96. The summed E-state index contributed by atoms with van der Waals surface area (Å²) >= 11 is 0. The number of hydrogen-bond donors (Lipinski definition) is 0. The van der Waals surface area contributed by atoms with Crippen molar-refractivity contribution in [1.82, 2.24) is 0 Å². The Morgan fingerprint density at radius 3 is 1.04 bits per heavy atom. The molecule has 2 atom stereocenters. The molecule has 0 saturated carbocycles. The van der Waals surface area contributed by atoms with E-state index in [1.165, 1.54) is 122 Å². The largest absolute Gasteiger partial charge is 0.0654 e. The standard InChI is InChI=1S/C25H52/c1-5-7-9-10-11-12-13-14-15-17-21-25(4)23-19-16-18-22-24(3)20-8-6-2/h24-25H,5-23H2,1-4H3. The van der Waals surface area contributed by atoms with Crippen LogP contribution in [0.5, 0.6) is 0 Å². The third kappa shape index (κ3) is 20.2. The zero-order chi connectivity index (χ0) is 18.6. The lowest BCUT2D eigenvalue weighted by molar-refractivity contribution is 0.411. The number of rotatable bonds is 20. The third-order valence-electron chi connectivity index (χ3n) is 5.99. The molecular weight excluding hydrogens is 300 g/mol. The predicted molar refractivity (Wildman–Crippen MR) is 117 cm³/mol. The van der Waals surface area contributed by atoms with Crippen LogP contribution in [0.3, 0.4) is 0 Å². The monoisotopic (exact) mass is 352 g/mol. The maximum absolute atomic E-state index is 2.48. The molecular formula is C25H52. The Labute approximate surface area is 161 Å². The normalized spacial score (nSPS) is 13.9. The summed E-state index contributed by atoms with van der Waals surface area (Å²) in [5.41, 5.74) is 0. The van der Waals surface area contributed by atoms with Crippen molar-refractivity contribution in [3.63, 3.8) is 0 Å². The minimum atomic E-state index is 0.962. The zero-order valence-electron chi connectivity index (χ0n) is 18.6. The van der Waals surface area contributed by atoms with Crippen molar-refractivity contribution in [3.8, 4) is 0 Å². The summed E-state index contributed by atoms with van der Waals surface area (Å²) in [6.07, 6.45) is 27.7. The summed E-state index contributed by atoms with van der Waals surface area (Å²) in [7, 11) is 0. The molecule has 0 aromatic carbocycles. The van der Waals surface area contributed by atoms with Crippen LogP contribution in [0.1, 0.15) is 150 Å². The SMILES string of the molecule is CCCCCCCCCCCCC(C)CCCCCC(C)CCCC. The molecule has 25 heavy (non-hydrogen) atoms. The Balaban J connectivity index is 3.21. The fourth-order valence-corrected chi connectivity index (χ4v) is 3.98. The first-order chi connectivity index (χ1) is 12.2. The Bertz CT molecular complexity index is 232. The van der Waals surface area contributed by atoms with Gasteiger partial charge in [-0.3, -0.25) is 0 Å². The highest BCUT2D eigenvalue weighted by atomic mass is 14.1. The van der Waals surface area contributed by atoms with Gasteiger partial charge < -0.3 is 0 Å². The lowest BCUT2D eigenvalue weighted by atomic mass is 9.94. The van der Waals surface area contributed by atoms with Gasteiger partial charge in [-0.1, -0.05) is 150 Å². The van der Waals surface area contributed by atoms with Gasteiger partial charge >= 0.3 is 0 Å². The molecule has 0 nitrogen and oxygen atoms in total. The number of unbranched alkanes of at least 4 members (excludes halogenated alkanes) is 12. The van der Waals surface area contributed by atoms with Gasteiger partial charge in [0.25, 0.3) is 0 Å². The van der Waals surface area contributed by atoms with Gasteiger partial charge in [-0.05, 0) is 11.8 Å². The van der Waals surface area contributed by atoms with Gasteiger partial charge in [0, 0.05) is 0 Å². The van der Waals surface area contributed by atoms with Gasteiger partial charge in [-0.25, -0.2) is 0 Å². The van der Waals surface area contributed by atoms with Gasteiger partial charge in [0.2, 0.25) is 0 Å². The maximum atomic E-state index is 2.48. The second-order valence-corrected chi connectivity index (χ2v) is 8.96. The molecule has 0 aliphatic rings. The summed E-state index contributed by atoms with van der Waals surface area (Å²) in [6.45, 7) is 9.54. The van der Waals surface area contributed by atoms with E-state index in [-0.39, 0.29) is 0 Å². The smallest absolute Gasteiger partial charge is 0.0443 e. The average molecular weight is 353 g/mol. The third-order valence-corrected chi connectivity index (χ3v) is 5.99. The van der Waals surface area contributed by atoms with E-state index < -0.39 is 0 Å². The van der Waals surface area contributed by atoms with Crippen LogP contribution < -0.4 is 0 Å². The minimum absolute atomic E-state index is 0.962. The molecule has 0 radical (unpaired) electrons. The molecule has 0 bridgehead atoms. The van der Waals surface area contributed by atoms with Crippen molar-refractivity contribution in [2.24, 2.45) is 11.8 Å². The van der Waals surface area contributed by atoms with E-state index in [1.807, 2.05) is 0 Å². The maximum Gasteiger partial charge on any atom is -0.0443 e. The molecule has 152 valence electrons. The molecule has 0 amide bonds. The van der Waals surface area contributed by atoms with Crippen molar-refractivity contribution < 1.29 is 0 Å². The zero-order valence-corrected chi connectivity index (χ0v) is 18.6. The molecule has 0 heterocycles. The minimum Gasteiger partial charge on any atom is -0.0654 e. The lowest BCUT2D eigenvalue weighted by Gasteiger charge is -2.12. The van der Waals surface area contributed by atoms with Crippen molar-refractivity contribution in [3.05, 3.63) is 0 Å². The Kier molecular flexibility index (Phi) is 20.3. The van der Waals surface area contributed by atoms with Crippen molar-refractivity contribution in [2.45, 2.75) is 150 Å². The van der Waals surface area contributed by atoms with E-state index >= 15 is 0 Å². The Hall–Kier alpha value is 0. The highest BCUT2D eigenvalue weighted by Gasteiger charge is 2.04. The molecule has 0 fully saturated rings. The van der Waals surface area contributed by atoms with Crippen LogP contribution in [-0.4, -0.2) is 0 Å². The van der Waals surface area contributed by atoms with Gasteiger partial charge in [-0.15, -0.1) is 0 Å². The molecule has 0 spiro atoms. The van der Waals surface area contributed by atoms with Crippen LogP contribution in [0, 0.1) is 11.8 Å². The molecule has 2 unspecified atom stereocenters. The molecule has 0 N–H and O–H groups in total. The van der Waals surface area contributed by atoms with E-state index in [0.29, 0.717) is 0 Å². The first-order valence-corrected chi connectivity index (χ1v) is 12.2. The fraction of sp³-hybridized carbons (Fsp3) is 1.00. The molecule has 0 rings (SSSR count). The van der Waals surface area contributed by atoms with Crippen LogP contribution in [0.25, 0.3) is 0 Å². The molecule has 0 heteroatoms. The Morgan fingerprint density at radius 2 is 0.640 bits per heavy atom. The molecule has 0 aliphatic carbocycles. The van der Waals surface area contributed by atoms with Crippen molar-refractivity contribution >= 4 is 0 Å². The highest BCUT2D eigenvalue weighted by molar-refractivity contribution is 4.58. The molecule has 0 saturated heterocycles. The average Bonchev–Trinajstić information content (AvgIpc) is 2.61. The molecule has 0 aromatic heterocycles. The first-order valence-electron chi connectivity index (χ1n) is 12.2. The Morgan fingerprint density at radius 1 is 0.360 bits per heavy atom. The summed E-state index contributed by atoms with van der Waals surface area (Å²) < 4.78 is 0. The van der Waals surface area contributed by atoms with Gasteiger partial charge in [0.1, 0.15) is 0 Å². The quantitative estimate of drug-likeness (QED) is 0.191. The topological polar surface area (TPSA) is 0 Å². The van der Waals surface area contributed by atoms with E-state index in [2.05, 4.69) is 27.7 Å². The highest BCUT2D eigenvalue weighted by Crippen LogP contribution is 2.20. The molecule has 0 aliphatic heterocycles. The first kappa shape index (κ1) is 25.0. The number of hydrogen-bond acceptors (Lipinski definition) is 0. The van der Waals surface area contributed by atoms with Crippen LogP contribution in [0.15, 0.2) is 0 Å². The van der Waals surface area contributed by atoms with Crippen molar-refractivity contribution in [1.29, 1.82) is 0 Å². The van der Waals surface area contributed by atoms with E-state index in [4.69, 9.17) is 0 Å². The lowest BCUT2D eigenvalue weighted by Crippen LogP contribution is -1.97. The summed E-state index contributed by atoms with van der Waals surface area (Å²) in [4.78, 5) is 0. The van der Waals surface area contributed by atoms with Crippen LogP contribution >= 0.6 is 0 Å². The van der Waals surface area contributed by atoms with Crippen LogP contribution in [0.2, 0.25) is 0 Å². The van der Waals surface area contributed by atoms with Crippen molar-refractivity contribution in [2.75, 3.05) is 0 Å². The van der Waals surface area contributed by atoms with Gasteiger partial charge in [0.15, 0.2) is 0 Å². The summed E-state index contributed by atoms with van der Waals surface area (Å²) in [6, 6.07) is 0. The van der Waals surface area contributed by atoms with E-state index in [0.717, 1.165) is 11.8 Å².